The van der Waals surface area contributed by atoms with Gasteiger partial charge in [0.1, 0.15) is 5.76 Å². The quantitative estimate of drug-likeness (QED) is 0.345. The first-order valence-electron chi connectivity index (χ1n) is 6.53. The van der Waals surface area contributed by atoms with Crippen molar-refractivity contribution >= 4 is 11.9 Å². The number of carbonyl (C=O) groups is 1. The highest BCUT2D eigenvalue weighted by Crippen LogP contribution is 2.28. The molecule has 0 atom stereocenters. The molecule has 4 nitrogen and oxygen atoms in total. The Morgan fingerprint density at radius 3 is 2.76 bits per heavy atom. The lowest BCUT2D eigenvalue weighted by atomic mass is 10.1. The van der Waals surface area contributed by atoms with Crippen LogP contribution < -0.4 is 9.47 Å². The third-order valence-electron chi connectivity index (χ3n) is 2.52. The highest BCUT2D eigenvalue weighted by atomic mass is 19.1. The molecule has 21 heavy (non-hydrogen) atoms. The van der Waals surface area contributed by atoms with E-state index in [9.17, 15) is 14.3 Å². The number of rotatable bonds is 8. The molecule has 0 amide bonds. The molecule has 1 N–H and O–H groups in total. The molecule has 0 aliphatic carbocycles. The zero-order chi connectivity index (χ0) is 15.7. The highest BCUT2D eigenvalue weighted by Gasteiger charge is 2.04. The van der Waals surface area contributed by atoms with E-state index < -0.39 is 6.67 Å². The third-order valence-corrected chi connectivity index (χ3v) is 2.52. The van der Waals surface area contributed by atoms with E-state index in [0.29, 0.717) is 17.9 Å². The normalized spacial score (nSPS) is 11.7. The minimum atomic E-state index is -0.426. The minimum Gasteiger partial charge on any atom is -0.508 e. The first kappa shape index (κ1) is 16.8. The van der Waals surface area contributed by atoms with E-state index in [2.05, 4.69) is 0 Å². The van der Waals surface area contributed by atoms with Gasteiger partial charge in [0, 0.05) is 12.5 Å². The second kappa shape index (κ2) is 8.79. The van der Waals surface area contributed by atoms with Gasteiger partial charge >= 0.3 is 0 Å². The summed E-state index contributed by atoms with van der Waals surface area (Å²) in [6.07, 6.45) is 4.51. The van der Waals surface area contributed by atoms with Gasteiger partial charge in [0.2, 0.25) is 0 Å². The zero-order valence-corrected chi connectivity index (χ0v) is 12.1. The van der Waals surface area contributed by atoms with Crippen molar-refractivity contribution in [2.45, 2.75) is 13.3 Å². The fourth-order valence-corrected chi connectivity index (χ4v) is 1.58. The van der Waals surface area contributed by atoms with Gasteiger partial charge in [0.15, 0.2) is 17.3 Å². The summed E-state index contributed by atoms with van der Waals surface area (Å²) >= 11 is 0. The number of allylic oxidation sites excluding steroid dienone is 2. The zero-order valence-electron chi connectivity index (χ0n) is 12.1. The molecule has 114 valence electrons. The van der Waals surface area contributed by atoms with Gasteiger partial charge in [0.25, 0.3) is 0 Å². The van der Waals surface area contributed by atoms with Crippen LogP contribution >= 0.6 is 0 Å². The fourth-order valence-electron chi connectivity index (χ4n) is 1.58. The molecule has 0 unspecified atom stereocenters. The molecule has 0 fully saturated rings. The van der Waals surface area contributed by atoms with Crippen LogP contribution in [0.25, 0.3) is 6.08 Å². The van der Waals surface area contributed by atoms with Crippen LogP contribution in [-0.2, 0) is 4.79 Å². The van der Waals surface area contributed by atoms with E-state index in [1.54, 1.807) is 24.3 Å². The van der Waals surface area contributed by atoms with Gasteiger partial charge in [-0.1, -0.05) is 12.1 Å². The van der Waals surface area contributed by atoms with Gasteiger partial charge in [-0.2, -0.15) is 0 Å². The molecular formula is C16H19FO4. The molecular weight excluding hydrogens is 275 g/mol. The Bertz CT molecular complexity index is 535. The number of aliphatic hydroxyl groups excluding tert-OH is 1. The first-order valence-corrected chi connectivity index (χ1v) is 6.53. The van der Waals surface area contributed by atoms with Crippen molar-refractivity contribution in [3.8, 4) is 11.5 Å². The molecule has 1 aromatic rings. The predicted octanol–water partition coefficient (Wildman–Crippen LogP) is 3.48. The van der Waals surface area contributed by atoms with Crippen molar-refractivity contribution < 1.29 is 23.8 Å². The summed E-state index contributed by atoms with van der Waals surface area (Å²) in [5.41, 5.74) is 0.771. The van der Waals surface area contributed by atoms with Crippen molar-refractivity contribution in [2.75, 3.05) is 20.4 Å². The van der Waals surface area contributed by atoms with Crippen molar-refractivity contribution in [1.82, 2.24) is 0 Å². The summed E-state index contributed by atoms with van der Waals surface area (Å²) in [6, 6.07) is 5.20. The number of methoxy groups -OCH3 is 1. The van der Waals surface area contributed by atoms with Crippen LogP contribution in [0.5, 0.6) is 11.5 Å². The Balaban J connectivity index is 2.82. The second-order valence-corrected chi connectivity index (χ2v) is 4.31. The van der Waals surface area contributed by atoms with Crippen LogP contribution in [0.3, 0.4) is 0 Å². The summed E-state index contributed by atoms with van der Waals surface area (Å²) in [5.74, 6) is 0.703. The maximum Gasteiger partial charge on any atom is 0.161 e. The number of benzene rings is 1. The van der Waals surface area contributed by atoms with Gasteiger partial charge < -0.3 is 14.6 Å². The molecule has 1 aromatic carbocycles. The molecule has 0 heterocycles. The maximum absolute atomic E-state index is 12.0. The number of ether oxygens (including phenoxy) is 2. The fraction of sp³-hybridized carbons (Fsp3) is 0.312. The van der Waals surface area contributed by atoms with Crippen LogP contribution in [0.15, 0.2) is 36.1 Å². The van der Waals surface area contributed by atoms with E-state index in [1.165, 1.54) is 20.1 Å². The van der Waals surface area contributed by atoms with E-state index in [4.69, 9.17) is 9.47 Å². The number of hydrogen-bond acceptors (Lipinski definition) is 4. The van der Waals surface area contributed by atoms with E-state index in [-0.39, 0.29) is 18.1 Å². The van der Waals surface area contributed by atoms with E-state index in [0.717, 1.165) is 11.6 Å². The van der Waals surface area contributed by atoms with Crippen molar-refractivity contribution in [1.29, 1.82) is 0 Å². The Labute approximate surface area is 123 Å². The summed E-state index contributed by atoms with van der Waals surface area (Å²) in [4.78, 5) is 10.8. The SMILES string of the molecule is COc1cc(/C=C/C(O)=C/C(C)=O)ccc1OCCCF. The smallest absolute Gasteiger partial charge is 0.161 e. The van der Waals surface area contributed by atoms with E-state index >= 15 is 0 Å². The van der Waals surface area contributed by atoms with Crippen LogP contribution in [0.4, 0.5) is 4.39 Å². The molecule has 5 heteroatoms. The average molecular weight is 294 g/mol. The summed E-state index contributed by atoms with van der Waals surface area (Å²) in [6.45, 7) is 1.21. The molecule has 0 aliphatic rings. The Hall–Kier alpha value is -2.30. The number of aliphatic hydroxyl groups is 1. The van der Waals surface area contributed by atoms with E-state index in [1.807, 2.05) is 0 Å². The molecule has 0 spiro atoms. The lowest BCUT2D eigenvalue weighted by molar-refractivity contribution is -0.112. The van der Waals surface area contributed by atoms with Crippen LogP contribution in [0.1, 0.15) is 18.9 Å². The minimum absolute atomic E-state index is 0.121. The Morgan fingerprint density at radius 2 is 2.14 bits per heavy atom. The molecule has 0 radical (unpaired) electrons. The number of alkyl halides is 1. The number of halogens is 1. The summed E-state index contributed by atoms with van der Waals surface area (Å²) < 4.78 is 22.6. The number of ketones is 1. The standard InChI is InChI=1S/C16H19FO4/c1-12(18)10-14(19)6-4-13-5-7-15(16(11-13)20-2)21-9-3-8-17/h4-7,10-11,19H,3,8-9H2,1-2H3/b6-4+,14-10-. The second-order valence-electron chi connectivity index (χ2n) is 4.31. The summed E-state index contributed by atoms with van der Waals surface area (Å²) in [7, 11) is 1.51. The van der Waals surface area contributed by atoms with Crippen LogP contribution in [-0.4, -0.2) is 31.3 Å². The average Bonchev–Trinajstić information content (AvgIpc) is 2.45. The Kier molecular flexibility index (Phi) is 7.01. The molecule has 0 aliphatic heterocycles. The molecule has 0 aromatic heterocycles. The van der Waals surface area contributed by atoms with Gasteiger partial charge in [0.05, 0.1) is 20.4 Å². The predicted molar refractivity (Wildman–Crippen MR) is 79.5 cm³/mol. The van der Waals surface area contributed by atoms with Gasteiger partial charge in [-0.25, -0.2) is 0 Å². The monoisotopic (exact) mass is 294 g/mol. The maximum atomic E-state index is 12.0. The van der Waals surface area contributed by atoms with Crippen molar-refractivity contribution in [2.24, 2.45) is 0 Å². The molecule has 1 rings (SSSR count). The topological polar surface area (TPSA) is 55.8 Å². The lowest BCUT2D eigenvalue weighted by Crippen LogP contribution is -2.00. The number of hydrogen-bond donors (Lipinski definition) is 1. The molecule has 0 saturated carbocycles. The molecule has 0 saturated heterocycles. The summed E-state index contributed by atoms with van der Waals surface area (Å²) in [5, 5.41) is 9.47. The van der Waals surface area contributed by atoms with Gasteiger partial charge in [-0.3, -0.25) is 9.18 Å². The van der Waals surface area contributed by atoms with Gasteiger partial charge in [-0.05, 0) is 30.7 Å². The third kappa shape index (κ3) is 6.12. The van der Waals surface area contributed by atoms with Gasteiger partial charge in [-0.15, -0.1) is 0 Å². The largest absolute Gasteiger partial charge is 0.508 e. The highest BCUT2D eigenvalue weighted by molar-refractivity contribution is 5.88. The van der Waals surface area contributed by atoms with Crippen LogP contribution in [0.2, 0.25) is 0 Å². The van der Waals surface area contributed by atoms with Crippen molar-refractivity contribution in [3.63, 3.8) is 0 Å². The molecule has 0 bridgehead atoms. The Morgan fingerprint density at radius 1 is 1.38 bits per heavy atom. The first-order chi connectivity index (χ1) is 10.1. The van der Waals surface area contributed by atoms with Crippen molar-refractivity contribution in [3.05, 3.63) is 41.7 Å². The van der Waals surface area contributed by atoms with Crippen LogP contribution in [0, 0.1) is 0 Å². The number of carbonyl (C=O) groups excluding carboxylic acids is 1. The lowest BCUT2D eigenvalue weighted by Gasteiger charge is -2.10.